The Hall–Kier alpha value is -1.55. The van der Waals surface area contributed by atoms with Crippen LogP contribution in [0.4, 0.5) is 5.69 Å². The van der Waals surface area contributed by atoms with Crippen molar-refractivity contribution in [3.05, 3.63) is 29.3 Å². The normalized spacial score (nSPS) is 10.6. The molecule has 0 saturated carbocycles. The van der Waals surface area contributed by atoms with Crippen LogP contribution in [0.2, 0.25) is 0 Å². The van der Waals surface area contributed by atoms with Crippen LogP contribution in [0.25, 0.3) is 0 Å². The maximum atomic E-state index is 11.6. The molecule has 17 heavy (non-hydrogen) atoms. The lowest BCUT2D eigenvalue weighted by molar-refractivity contribution is 0.0526. The summed E-state index contributed by atoms with van der Waals surface area (Å²) in [7, 11) is 0. The minimum atomic E-state index is -0.392. The van der Waals surface area contributed by atoms with Crippen molar-refractivity contribution in [2.24, 2.45) is 0 Å². The summed E-state index contributed by atoms with van der Waals surface area (Å²) in [6, 6.07) is 5.29. The van der Waals surface area contributed by atoms with E-state index >= 15 is 0 Å². The van der Waals surface area contributed by atoms with E-state index in [0.29, 0.717) is 24.5 Å². The number of hydrogen-bond acceptors (Lipinski definition) is 4. The van der Waals surface area contributed by atoms with Gasteiger partial charge in [-0.05, 0) is 26.8 Å². The van der Waals surface area contributed by atoms with Gasteiger partial charge >= 0.3 is 5.97 Å². The molecule has 1 rings (SSSR count). The Morgan fingerprint density at radius 3 is 2.71 bits per heavy atom. The molecule has 0 bridgehead atoms. The Balaban J connectivity index is 2.87. The first-order chi connectivity index (χ1) is 8.06. The molecule has 4 heteroatoms. The first-order valence-corrected chi connectivity index (χ1v) is 5.72. The number of anilines is 1. The van der Waals surface area contributed by atoms with Gasteiger partial charge in [0.05, 0.1) is 30.6 Å². The molecule has 0 atom stereocenters. The summed E-state index contributed by atoms with van der Waals surface area (Å²) >= 11 is 0. The lowest BCUT2D eigenvalue weighted by atomic mass is 10.1. The van der Waals surface area contributed by atoms with Crippen LogP contribution in [-0.2, 0) is 16.1 Å². The number of nitrogen functional groups attached to an aromatic ring is 1. The van der Waals surface area contributed by atoms with Crippen molar-refractivity contribution in [1.29, 1.82) is 0 Å². The van der Waals surface area contributed by atoms with E-state index in [0.717, 1.165) is 5.56 Å². The Kier molecular flexibility index (Phi) is 4.97. The minimum Gasteiger partial charge on any atom is -0.462 e. The second kappa shape index (κ2) is 6.25. The van der Waals surface area contributed by atoms with Crippen LogP contribution >= 0.6 is 0 Å². The SMILES string of the molecule is CCOC(=O)c1cccc(COC(C)C)c1N. The van der Waals surface area contributed by atoms with Gasteiger partial charge in [-0.15, -0.1) is 0 Å². The van der Waals surface area contributed by atoms with Crippen molar-refractivity contribution >= 4 is 11.7 Å². The summed E-state index contributed by atoms with van der Waals surface area (Å²) in [4.78, 5) is 11.6. The highest BCUT2D eigenvalue weighted by Gasteiger charge is 2.13. The van der Waals surface area contributed by atoms with Gasteiger partial charge in [-0.1, -0.05) is 12.1 Å². The minimum absolute atomic E-state index is 0.126. The molecule has 1 aromatic carbocycles. The third-order valence-corrected chi connectivity index (χ3v) is 2.26. The quantitative estimate of drug-likeness (QED) is 0.631. The molecule has 0 amide bonds. The summed E-state index contributed by atoms with van der Waals surface area (Å²) in [6.07, 6.45) is 0.126. The maximum Gasteiger partial charge on any atom is 0.340 e. The van der Waals surface area contributed by atoms with Gasteiger partial charge in [0.25, 0.3) is 0 Å². The molecule has 0 spiro atoms. The van der Waals surface area contributed by atoms with E-state index in [1.54, 1.807) is 19.1 Å². The molecule has 0 aliphatic carbocycles. The number of rotatable bonds is 5. The van der Waals surface area contributed by atoms with Crippen LogP contribution < -0.4 is 5.73 Å². The zero-order valence-electron chi connectivity index (χ0n) is 10.5. The third kappa shape index (κ3) is 3.75. The molecule has 4 nitrogen and oxygen atoms in total. The maximum absolute atomic E-state index is 11.6. The molecule has 0 aliphatic rings. The molecule has 0 fully saturated rings. The summed E-state index contributed by atoms with van der Waals surface area (Å²) in [6.45, 7) is 6.40. The van der Waals surface area contributed by atoms with Gasteiger partial charge in [-0.25, -0.2) is 4.79 Å². The fourth-order valence-electron chi connectivity index (χ4n) is 1.38. The lowest BCUT2D eigenvalue weighted by Gasteiger charge is -2.12. The molecule has 2 N–H and O–H groups in total. The van der Waals surface area contributed by atoms with Crippen LogP contribution in [0.3, 0.4) is 0 Å². The van der Waals surface area contributed by atoms with Crippen molar-refractivity contribution in [2.75, 3.05) is 12.3 Å². The molecule has 94 valence electrons. The van der Waals surface area contributed by atoms with Crippen molar-refractivity contribution in [2.45, 2.75) is 33.5 Å². The molecule has 0 saturated heterocycles. The highest BCUT2D eigenvalue weighted by molar-refractivity contribution is 5.95. The fourth-order valence-corrected chi connectivity index (χ4v) is 1.38. The molecule has 0 unspecified atom stereocenters. The fraction of sp³-hybridized carbons (Fsp3) is 0.462. The topological polar surface area (TPSA) is 61.5 Å². The van der Waals surface area contributed by atoms with E-state index in [4.69, 9.17) is 15.2 Å². The molecule has 0 heterocycles. The van der Waals surface area contributed by atoms with Crippen molar-refractivity contribution in [3.8, 4) is 0 Å². The molecule has 0 radical (unpaired) electrons. The summed E-state index contributed by atoms with van der Waals surface area (Å²) in [5.41, 5.74) is 7.57. The van der Waals surface area contributed by atoms with Gasteiger partial charge in [0.2, 0.25) is 0 Å². The Bertz CT molecular complexity index is 388. The van der Waals surface area contributed by atoms with E-state index in [1.807, 2.05) is 19.9 Å². The smallest absolute Gasteiger partial charge is 0.340 e. The number of ether oxygens (including phenoxy) is 2. The average molecular weight is 237 g/mol. The predicted molar refractivity (Wildman–Crippen MR) is 66.7 cm³/mol. The van der Waals surface area contributed by atoms with Gasteiger partial charge in [0, 0.05) is 5.56 Å². The second-order valence-electron chi connectivity index (χ2n) is 3.96. The summed E-state index contributed by atoms with van der Waals surface area (Å²) in [5.74, 6) is -0.392. The third-order valence-electron chi connectivity index (χ3n) is 2.26. The van der Waals surface area contributed by atoms with Gasteiger partial charge in [-0.2, -0.15) is 0 Å². The first kappa shape index (κ1) is 13.5. The van der Waals surface area contributed by atoms with Crippen LogP contribution in [0, 0.1) is 0 Å². The van der Waals surface area contributed by atoms with Crippen molar-refractivity contribution in [3.63, 3.8) is 0 Å². The zero-order chi connectivity index (χ0) is 12.8. The van der Waals surface area contributed by atoms with Crippen LogP contribution in [-0.4, -0.2) is 18.7 Å². The second-order valence-corrected chi connectivity index (χ2v) is 3.96. The lowest BCUT2D eigenvalue weighted by Crippen LogP contribution is -2.11. The van der Waals surface area contributed by atoms with Crippen molar-refractivity contribution in [1.82, 2.24) is 0 Å². The zero-order valence-corrected chi connectivity index (χ0v) is 10.5. The number of benzene rings is 1. The molecule has 0 aliphatic heterocycles. The molecular formula is C13H19NO3. The highest BCUT2D eigenvalue weighted by Crippen LogP contribution is 2.19. The summed E-state index contributed by atoms with van der Waals surface area (Å²) in [5, 5.41) is 0. The van der Waals surface area contributed by atoms with Crippen molar-refractivity contribution < 1.29 is 14.3 Å². The van der Waals surface area contributed by atoms with Gasteiger partial charge in [-0.3, -0.25) is 0 Å². The van der Waals surface area contributed by atoms with E-state index in [2.05, 4.69) is 0 Å². The van der Waals surface area contributed by atoms with Crippen LogP contribution in [0.15, 0.2) is 18.2 Å². The van der Waals surface area contributed by atoms with Gasteiger partial charge in [0.1, 0.15) is 0 Å². The Morgan fingerprint density at radius 2 is 2.12 bits per heavy atom. The average Bonchev–Trinajstić information content (AvgIpc) is 2.27. The number of esters is 1. The molecule has 1 aromatic rings. The largest absolute Gasteiger partial charge is 0.462 e. The number of para-hydroxylation sites is 1. The van der Waals surface area contributed by atoms with E-state index in [9.17, 15) is 4.79 Å². The number of nitrogens with two attached hydrogens (primary N) is 1. The Labute approximate surface area is 102 Å². The summed E-state index contributed by atoms with van der Waals surface area (Å²) < 4.78 is 10.4. The van der Waals surface area contributed by atoms with Crippen LogP contribution in [0.1, 0.15) is 36.7 Å². The van der Waals surface area contributed by atoms with Gasteiger partial charge in [0.15, 0.2) is 0 Å². The molecular weight excluding hydrogens is 218 g/mol. The van der Waals surface area contributed by atoms with Crippen LogP contribution in [0.5, 0.6) is 0 Å². The number of carbonyl (C=O) groups is 1. The number of hydrogen-bond donors (Lipinski definition) is 1. The van der Waals surface area contributed by atoms with E-state index in [-0.39, 0.29) is 6.10 Å². The van der Waals surface area contributed by atoms with E-state index < -0.39 is 5.97 Å². The molecule has 0 aromatic heterocycles. The number of carbonyl (C=O) groups excluding carboxylic acids is 1. The first-order valence-electron chi connectivity index (χ1n) is 5.72. The monoisotopic (exact) mass is 237 g/mol. The standard InChI is InChI=1S/C13H19NO3/c1-4-16-13(15)11-7-5-6-10(12(11)14)8-17-9(2)3/h5-7,9H,4,8,14H2,1-3H3. The highest BCUT2D eigenvalue weighted by atomic mass is 16.5. The van der Waals surface area contributed by atoms with Gasteiger partial charge < -0.3 is 15.2 Å². The predicted octanol–water partition coefficient (Wildman–Crippen LogP) is 2.37. The Morgan fingerprint density at radius 1 is 1.41 bits per heavy atom. The van der Waals surface area contributed by atoms with E-state index in [1.165, 1.54) is 0 Å².